The standard InChI is InChI=1S/C22H21IN4O3/c1-14(16-5-7-21(29-3)24-10-16)30-19-6-4-15(8-20(19)28-2)12-27-13-26-18-9-17(23)11-25-22(18)27/h4-11,13-14H,12H2,1-3H3. The summed E-state index contributed by atoms with van der Waals surface area (Å²) in [4.78, 5) is 13.2. The Morgan fingerprint density at radius 1 is 0.967 bits per heavy atom. The summed E-state index contributed by atoms with van der Waals surface area (Å²) in [6.07, 6.45) is 5.22. The molecule has 7 nitrogen and oxygen atoms in total. The van der Waals surface area contributed by atoms with Crippen molar-refractivity contribution in [2.75, 3.05) is 14.2 Å². The number of halogens is 1. The predicted octanol–water partition coefficient (Wildman–Crippen LogP) is 4.64. The molecule has 0 bridgehead atoms. The van der Waals surface area contributed by atoms with Crippen LogP contribution in [0.25, 0.3) is 11.2 Å². The topological polar surface area (TPSA) is 71.3 Å². The van der Waals surface area contributed by atoms with E-state index < -0.39 is 0 Å². The fourth-order valence-electron chi connectivity index (χ4n) is 3.16. The highest BCUT2D eigenvalue weighted by atomic mass is 127. The highest BCUT2D eigenvalue weighted by Gasteiger charge is 2.13. The lowest BCUT2D eigenvalue weighted by atomic mass is 10.1. The van der Waals surface area contributed by atoms with E-state index in [-0.39, 0.29) is 6.10 Å². The molecule has 0 radical (unpaired) electrons. The van der Waals surface area contributed by atoms with Gasteiger partial charge in [0.15, 0.2) is 17.1 Å². The average Bonchev–Trinajstić information content (AvgIpc) is 3.16. The molecule has 0 N–H and O–H groups in total. The Balaban J connectivity index is 1.53. The lowest BCUT2D eigenvalue weighted by molar-refractivity contribution is 0.215. The van der Waals surface area contributed by atoms with Crippen LogP contribution >= 0.6 is 22.6 Å². The number of rotatable bonds is 7. The molecule has 3 aromatic heterocycles. The summed E-state index contributed by atoms with van der Waals surface area (Å²) < 4.78 is 19.9. The molecule has 4 aromatic rings. The normalized spacial score (nSPS) is 12.0. The molecule has 0 aliphatic rings. The van der Waals surface area contributed by atoms with Gasteiger partial charge in [0, 0.05) is 27.6 Å². The Kier molecular flexibility index (Phi) is 6.03. The third-order valence-corrected chi connectivity index (χ3v) is 5.33. The van der Waals surface area contributed by atoms with E-state index >= 15 is 0 Å². The molecule has 0 amide bonds. The van der Waals surface area contributed by atoms with Crippen LogP contribution in [0.15, 0.2) is 55.1 Å². The minimum atomic E-state index is -0.188. The number of benzene rings is 1. The molecule has 1 atom stereocenters. The van der Waals surface area contributed by atoms with Gasteiger partial charge in [0.1, 0.15) is 11.6 Å². The Hall–Kier alpha value is -2.88. The number of fused-ring (bicyclic) bond motifs is 1. The van der Waals surface area contributed by atoms with E-state index in [1.54, 1.807) is 20.4 Å². The number of aromatic nitrogens is 4. The van der Waals surface area contributed by atoms with Crippen LogP contribution in [0, 0.1) is 3.57 Å². The fourth-order valence-corrected chi connectivity index (χ4v) is 3.59. The largest absolute Gasteiger partial charge is 0.493 e. The summed E-state index contributed by atoms with van der Waals surface area (Å²) in [5, 5.41) is 0. The number of methoxy groups -OCH3 is 2. The molecule has 154 valence electrons. The van der Waals surface area contributed by atoms with E-state index in [4.69, 9.17) is 14.2 Å². The number of hydrogen-bond donors (Lipinski definition) is 0. The first-order chi connectivity index (χ1) is 14.6. The first kappa shape index (κ1) is 20.4. The molecule has 0 aliphatic carbocycles. The van der Waals surface area contributed by atoms with Gasteiger partial charge in [0.05, 0.1) is 27.1 Å². The van der Waals surface area contributed by atoms with Gasteiger partial charge < -0.3 is 18.8 Å². The molecular formula is C22H21IN4O3. The second kappa shape index (κ2) is 8.86. The molecular weight excluding hydrogens is 495 g/mol. The average molecular weight is 516 g/mol. The fraction of sp³-hybridized carbons (Fsp3) is 0.227. The Labute approximate surface area is 188 Å². The van der Waals surface area contributed by atoms with Gasteiger partial charge in [0.2, 0.25) is 5.88 Å². The van der Waals surface area contributed by atoms with Gasteiger partial charge in [-0.15, -0.1) is 0 Å². The van der Waals surface area contributed by atoms with E-state index in [1.807, 2.05) is 60.4 Å². The van der Waals surface area contributed by atoms with E-state index in [9.17, 15) is 0 Å². The quantitative estimate of drug-likeness (QED) is 0.334. The predicted molar refractivity (Wildman–Crippen MR) is 122 cm³/mol. The van der Waals surface area contributed by atoms with E-state index in [0.717, 1.165) is 25.9 Å². The van der Waals surface area contributed by atoms with Crippen LogP contribution in [-0.4, -0.2) is 33.7 Å². The van der Waals surface area contributed by atoms with Crippen molar-refractivity contribution in [2.24, 2.45) is 0 Å². The van der Waals surface area contributed by atoms with Crippen molar-refractivity contribution in [3.05, 3.63) is 69.8 Å². The summed E-state index contributed by atoms with van der Waals surface area (Å²) in [6, 6.07) is 11.7. The summed E-state index contributed by atoms with van der Waals surface area (Å²) in [6.45, 7) is 2.61. The molecule has 0 spiro atoms. The number of nitrogens with zero attached hydrogens (tertiary/aromatic N) is 4. The van der Waals surface area contributed by atoms with Crippen LogP contribution in [0.4, 0.5) is 0 Å². The number of hydrogen-bond acceptors (Lipinski definition) is 6. The van der Waals surface area contributed by atoms with E-state index in [1.165, 1.54) is 0 Å². The maximum Gasteiger partial charge on any atom is 0.212 e. The maximum absolute atomic E-state index is 6.13. The smallest absolute Gasteiger partial charge is 0.212 e. The third kappa shape index (κ3) is 4.33. The molecule has 3 heterocycles. The van der Waals surface area contributed by atoms with Gasteiger partial charge >= 0.3 is 0 Å². The van der Waals surface area contributed by atoms with Gasteiger partial charge in [-0.25, -0.2) is 15.0 Å². The first-order valence-corrected chi connectivity index (χ1v) is 10.4. The summed E-state index contributed by atoms with van der Waals surface area (Å²) in [7, 11) is 3.24. The maximum atomic E-state index is 6.13. The molecule has 0 aliphatic heterocycles. The van der Waals surface area contributed by atoms with Crippen molar-refractivity contribution < 1.29 is 14.2 Å². The highest BCUT2D eigenvalue weighted by Crippen LogP contribution is 2.32. The van der Waals surface area contributed by atoms with Crippen molar-refractivity contribution in [2.45, 2.75) is 19.6 Å². The van der Waals surface area contributed by atoms with Crippen LogP contribution in [0.5, 0.6) is 17.4 Å². The lowest BCUT2D eigenvalue weighted by Crippen LogP contribution is -2.06. The summed E-state index contributed by atoms with van der Waals surface area (Å²) >= 11 is 2.24. The van der Waals surface area contributed by atoms with Crippen molar-refractivity contribution in [3.63, 3.8) is 0 Å². The zero-order valence-corrected chi connectivity index (χ0v) is 19.0. The van der Waals surface area contributed by atoms with Crippen molar-refractivity contribution in [3.8, 4) is 17.4 Å². The number of ether oxygens (including phenoxy) is 3. The zero-order valence-electron chi connectivity index (χ0n) is 16.9. The van der Waals surface area contributed by atoms with Crippen molar-refractivity contribution in [1.29, 1.82) is 0 Å². The van der Waals surface area contributed by atoms with Crippen LogP contribution in [-0.2, 0) is 6.54 Å². The Morgan fingerprint density at radius 3 is 2.57 bits per heavy atom. The highest BCUT2D eigenvalue weighted by molar-refractivity contribution is 14.1. The van der Waals surface area contributed by atoms with Gasteiger partial charge in [-0.05, 0) is 59.3 Å². The second-order valence-electron chi connectivity index (χ2n) is 6.75. The number of pyridine rings is 2. The van der Waals surface area contributed by atoms with Crippen LogP contribution in [0.2, 0.25) is 0 Å². The summed E-state index contributed by atoms with van der Waals surface area (Å²) in [5.74, 6) is 1.92. The van der Waals surface area contributed by atoms with Crippen molar-refractivity contribution in [1.82, 2.24) is 19.5 Å². The van der Waals surface area contributed by atoms with Crippen LogP contribution < -0.4 is 14.2 Å². The van der Waals surface area contributed by atoms with Crippen LogP contribution in [0.1, 0.15) is 24.2 Å². The number of imidazole rings is 1. The molecule has 0 fully saturated rings. The lowest BCUT2D eigenvalue weighted by Gasteiger charge is -2.18. The minimum absolute atomic E-state index is 0.188. The van der Waals surface area contributed by atoms with Gasteiger partial charge in [0.25, 0.3) is 0 Å². The first-order valence-electron chi connectivity index (χ1n) is 9.37. The SMILES string of the molecule is COc1ccc(C(C)Oc2ccc(Cn3cnc4cc(I)cnc43)cc2OC)cn1. The minimum Gasteiger partial charge on any atom is -0.493 e. The monoisotopic (exact) mass is 516 g/mol. The van der Waals surface area contributed by atoms with Crippen LogP contribution in [0.3, 0.4) is 0 Å². The summed E-state index contributed by atoms with van der Waals surface area (Å²) in [5.41, 5.74) is 3.76. The molecule has 4 rings (SSSR count). The molecule has 0 saturated heterocycles. The third-order valence-electron chi connectivity index (χ3n) is 4.74. The van der Waals surface area contributed by atoms with E-state index in [2.05, 4.69) is 37.5 Å². The Bertz CT molecular complexity index is 1160. The van der Waals surface area contributed by atoms with Crippen molar-refractivity contribution >= 4 is 33.8 Å². The molecule has 1 unspecified atom stereocenters. The van der Waals surface area contributed by atoms with Gasteiger partial charge in [-0.1, -0.05) is 6.07 Å². The van der Waals surface area contributed by atoms with E-state index in [0.29, 0.717) is 23.9 Å². The second-order valence-corrected chi connectivity index (χ2v) is 7.99. The molecule has 8 heteroatoms. The van der Waals surface area contributed by atoms with Gasteiger partial charge in [-0.3, -0.25) is 0 Å². The Morgan fingerprint density at radius 2 is 1.83 bits per heavy atom. The molecule has 0 saturated carbocycles. The molecule has 1 aromatic carbocycles. The zero-order chi connectivity index (χ0) is 21.1. The molecule has 30 heavy (non-hydrogen) atoms. The van der Waals surface area contributed by atoms with Gasteiger partial charge in [-0.2, -0.15) is 0 Å².